The summed E-state index contributed by atoms with van der Waals surface area (Å²) in [6, 6.07) is 6.44. The molecule has 162 valence electrons. The maximum atomic E-state index is 12.5. The molecule has 1 amide bonds. The molecule has 3 atom stereocenters. The van der Waals surface area contributed by atoms with Gasteiger partial charge in [0.2, 0.25) is 0 Å². The van der Waals surface area contributed by atoms with Crippen LogP contribution in [0.2, 0.25) is 0 Å². The summed E-state index contributed by atoms with van der Waals surface area (Å²) in [6.07, 6.45) is 3.24. The molecule has 3 unspecified atom stereocenters. The second-order valence-corrected chi connectivity index (χ2v) is 8.09. The summed E-state index contributed by atoms with van der Waals surface area (Å²) in [5.41, 5.74) is 3.22. The van der Waals surface area contributed by atoms with Crippen molar-refractivity contribution in [1.29, 1.82) is 0 Å². The molecule has 1 fully saturated rings. The number of carbonyl (C=O) groups is 1. The van der Waals surface area contributed by atoms with Crippen LogP contribution in [0.15, 0.2) is 18.2 Å². The Morgan fingerprint density at radius 1 is 1.38 bits per heavy atom. The standard InChI is InChI=1S/C22H36N4O3/c1-5-17(12-23-3)18-8-9-20-21(11-18)25(14-16(2)26(20)22(27)28-4)15-29-19-7-6-10-24-13-19/h8-9,11,16-17,19,23-24H,5-7,10,12-15H2,1-4H3. The number of hydrogen-bond donors (Lipinski definition) is 2. The second-order valence-electron chi connectivity index (χ2n) is 8.09. The van der Waals surface area contributed by atoms with Gasteiger partial charge in [-0.1, -0.05) is 13.0 Å². The van der Waals surface area contributed by atoms with E-state index in [1.54, 1.807) is 4.90 Å². The zero-order valence-corrected chi connectivity index (χ0v) is 18.2. The van der Waals surface area contributed by atoms with Crippen LogP contribution in [0, 0.1) is 0 Å². The molecule has 0 saturated carbocycles. The molecule has 0 aliphatic carbocycles. The highest BCUT2D eigenvalue weighted by atomic mass is 16.5. The van der Waals surface area contributed by atoms with Gasteiger partial charge in [0.15, 0.2) is 0 Å². The first kappa shape index (κ1) is 21.9. The van der Waals surface area contributed by atoms with E-state index >= 15 is 0 Å². The van der Waals surface area contributed by atoms with Crippen LogP contribution in [-0.2, 0) is 9.47 Å². The van der Waals surface area contributed by atoms with Crippen molar-refractivity contribution in [3.63, 3.8) is 0 Å². The monoisotopic (exact) mass is 404 g/mol. The highest BCUT2D eigenvalue weighted by Crippen LogP contribution is 2.38. The quantitative estimate of drug-likeness (QED) is 0.729. The Balaban J connectivity index is 1.88. The van der Waals surface area contributed by atoms with Gasteiger partial charge in [-0.25, -0.2) is 4.79 Å². The van der Waals surface area contributed by atoms with Crippen molar-refractivity contribution in [2.45, 2.75) is 51.2 Å². The number of nitrogens with zero attached hydrogens (tertiary/aromatic N) is 2. The minimum atomic E-state index is -0.314. The Labute approximate surface area is 174 Å². The van der Waals surface area contributed by atoms with Crippen molar-refractivity contribution in [1.82, 2.24) is 10.6 Å². The molecule has 1 aromatic carbocycles. The second kappa shape index (κ2) is 10.3. The minimum Gasteiger partial charge on any atom is -0.452 e. The lowest BCUT2D eigenvalue weighted by atomic mass is 9.94. The van der Waals surface area contributed by atoms with E-state index in [1.165, 1.54) is 12.7 Å². The SMILES string of the molecule is CCC(CNC)c1ccc2c(c1)N(COC1CCCNC1)CC(C)N2C(=O)OC. The molecule has 7 heteroatoms. The molecular formula is C22H36N4O3. The number of rotatable bonds is 7. The van der Waals surface area contributed by atoms with Crippen molar-refractivity contribution >= 4 is 17.5 Å². The molecule has 1 aromatic rings. The van der Waals surface area contributed by atoms with Crippen LogP contribution >= 0.6 is 0 Å². The third-order valence-corrected chi connectivity index (χ3v) is 6.03. The van der Waals surface area contributed by atoms with Crippen LogP contribution < -0.4 is 20.4 Å². The molecule has 2 aliphatic heterocycles. The van der Waals surface area contributed by atoms with E-state index in [-0.39, 0.29) is 18.2 Å². The van der Waals surface area contributed by atoms with Gasteiger partial charge in [-0.05, 0) is 63.4 Å². The molecule has 2 aliphatic rings. The van der Waals surface area contributed by atoms with E-state index in [9.17, 15) is 4.79 Å². The van der Waals surface area contributed by atoms with E-state index in [0.717, 1.165) is 50.3 Å². The summed E-state index contributed by atoms with van der Waals surface area (Å²) < 4.78 is 11.3. The summed E-state index contributed by atoms with van der Waals surface area (Å²) in [6.45, 7) is 8.42. The van der Waals surface area contributed by atoms with Crippen LogP contribution in [0.3, 0.4) is 0 Å². The first-order valence-corrected chi connectivity index (χ1v) is 10.8. The number of methoxy groups -OCH3 is 1. The van der Waals surface area contributed by atoms with E-state index in [2.05, 4.69) is 47.6 Å². The van der Waals surface area contributed by atoms with Crippen molar-refractivity contribution in [3.05, 3.63) is 23.8 Å². The average Bonchev–Trinajstić information content (AvgIpc) is 2.75. The van der Waals surface area contributed by atoms with Gasteiger partial charge in [0, 0.05) is 19.6 Å². The normalized spacial score (nSPS) is 22.9. The van der Waals surface area contributed by atoms with E-state index in [1.807, 2.05) is 7.05 Å². The largest absolute Gasteiger partial charge is 0.452 e. The number of carbonyl (C=O) groups excluding carboxylic acids is 1. The minimum absolute atomic E-state index is 0.00756. The maximum Gasteiger partial charge on any atom is 0.414 e. The van der Waals surface area contributed by atoms with Crippen LogP contribution in [0.5, 0.6) is 0 Å². The zero-order valence-electron chi connectivity index (χ0n) is 18.2. The Kier molecular flexibility index (Phi) is 7.75. The highest BCUT2D eigenvalue weighted by Gasteiger charge is 2.34. The first-order chi connectivity index (χ1) is 14.1. The van der Waals surface area contributed by atoms with Gasteiger partial charge in [-0.2, -0.15) is 0 Å². The van der Waals surface area contributed by atoms with Gasteiger partial charge >= 0.3 is 6.09 Å². The van der Waals surface area contributed by atoms with E-state index in [4.69, 9.17) is 9.47 Å². The lowest BCUT2D eigenvalue weighted by molar-refractivity contribution is 0.0366. The average molecular weight is 405 g/mol. The Morgan fingerprint density at radius 2 is 2.21 bits per heavy atom. The smallest absolute Gasteiger partial charge is 0.414 e. The fourth-order valence-electron chi connectivity index (χ4n) is 4.39. The molecule has 29 heavy (non-hydrogen) atoms. The van der Waals surface area contributed by atoms with Gasteiger partial charge in [0.05, 0.1) is 30.6 Å². The number of benzene rings is 1. The lowest BCUT2D eigenvalue weighted by Crippen LogP contribution is -2.51. The van der Waals surface area contributed by atoms with Crippen LogP contribution in [-0.4, -0.2) is 65.3 Å². The van der Waals surface area contributed by atoms with Gasteiger partial charge in [0.1, 0.15) is 6.73 Å². The van der Waals surface area contributed by atoms with E-state index in [0.29, 0.717) is 19.2 Å². The predicted molar refractivity (Wildman–Crippen MR) is 117 cm³/mol. The number of likely N-dealkylation sites (N-methyl/N-ethyl adjacent to an activating group) is 1. The molecule has 2 N–H and O–H groups in total. The van der Waals surface area contributed by atoms with Crippen molar-refractivity contribution in [2.24, 2.45) is 0 Å². The fraction of sp³-hybridized carbons (Fsp3) is 0.682. The van der Waals surface area contributed by atoms with Gasteiger partial charge in [0.25, 0.3) is 0 Å². The lowest BCUT2D eigenvalue weighted by Gasteiger charge is -2.42. The number of amides is 1. The summed E-state index contributed by atoms with van der Waals surface area (Å²) in [4.78, 5) is 16.5. The Bertz CT molecular complexity index is 678. The third-order valence-electron chi connectivity index (χ3n) is 6.03. The number of fused-ring (bicyclic) bond motifs is 1. The number of ether oxygens (including phenoxy) is 2. The van der Waals surface area contributed by atoms with Crippen LogP contribution in [0.4, 0.5) is 16.2 Å². The van der Waals surface area contributed by atoms with Crippen LogP contribution in [0.1, 0.15) is 44.6 Å². The molecule has 7 nitrogen and oxygen atoms in total. The summed E-state index contributed by atoms with van der Waals surface area (Å²) in [5.74, 6) is 0.432. The van der Waals surface area contributed by atoms with E-state index < -0.39 is 0 Å². The molecule has 3 rings (SSSR count). The number of anilines is 2. The highest BCUT2D eigenvalue weighted by molar-refractivity contribution is 5.94. The summed E-state index contributed by atoms with van der Waals surface area (Å²) >= 11 is 0. The first-order valence-electron chi connectivity index (χ1n) is 10.8. The van der Waals surface area contributed by atoms with Gasteiger partial charge < -0.3 is 25.0 Å². The molecular weight excluding hydrogens is 368 g/mol. The van der Waals surface area contributed by atoms with Crippen molar-refractivity contribution in [2.75, 3.05) is 56.9 Å². The number of hydrogen-bond acceptors (Lipinski definition) is 6. The molecule has 2 heterocycles. The third kappa shape index (κ3) is 5.02. The zero-order chi connectivity index (χ0) is 20.8. The fourth-order valence-corrected chi connectivity index (χ4v) is 4.39. The summed E-state index contributed by atoms with van der Waals surface area (Å²) in [5, 5.41) is 6.70. The Morgan fingerprint density at radius 3 is 2.86 bits per heavy atom. The molecule has 1 saturated heterocycles. The summed E-state index contributed by atoms with van der Waals surface area (Å²) in [7, 11) is 3.43. The predicted octanol–water partition coefficient (Wildman–Crippen LogP) is 2.91. The van der Waals surface area contributed by atoms with Crippen molar-refractivity contribution < 1.29 is 14.3 Å². The number of piperidine rings is 1. The Hall–Kier alpha value is -1.83. The molecule has 0 spiro atoms. The molecule has 0 aromatic heterocycles. The van der Waals surface area contributed by atoms with Gasteiger partial charge in [-0.3, -0.25) is 4.90 Å². The van der Waals surface area contributed by atoms with Crippen LogP contribution in [0.25, 0.3) is 0 Å². The topological polar surface area (TPSA) is 66.1 Å². The number of nitrogens with one attached hydrogen (secondary N) is 2. The van der Waals surface area contributed by atoms with Crippen molar-refractivity contribution in [3.8, 4) is 0 Å². The van der Waals surface area contributed by atoms with Gasteiger partial charge in [-0.15, -0.1) is 0 Å². The maximum absolute atomic E-state index is 12.5. The molecule has 0 radical (unpaired) electrons. The molecule has 0 bridgehead atoms.